The molecule has 126 valence electrons. The average Bonchev–Trinajstić information content (AvgIpc) is 3.06. The fraction of sp³-hybridized carbons (Fsp3) is 0.0500. The predicted octanol–water partition coefficient (Wildman–Crippen LogP) is 4.06. The number of hydrogen-bond donors (Lipinski definition) is 2. The van der Waals surface area contributed by atoms with Crippen LogP contribution in [0, 0.1) is 17.2 Å². The molecule has 3 aromatic rings. The Hall–Kier alpha value is -3.43. The molecular formula is C20H12N2O3S. The van der Waals surface area contributed by atoms with Crippen molar-refractivity contribution in [3.8, 4) is 34.1 Å². The first kappa shape index (κ1) is 16.1. The highest BCUT2D eigenvalue weighted by Crippen LogP contribution is 2.40. The van der Waals surface area contributed by atoms with Crippen molar-refractivity contribution < 1.29 is 14.7 Å². The van der Waals surface area contributed by atoms with Crippen molar-refractivity contribution in [1.82, 2.24) is 0 Å². The first-order valence-corrected chi connectivity index (χ1v) is 8.73. The number of hydrogen-bond acceptors (Lipinski definition) is 5. The number of nitriles is 1. The summed E-state index contributed by atoms with van der Waals surface area (Å²) in [4.78, 5) is 24.3. The van der Waals surface area contributed by atoms with Gasteiger partial charge in [0.15, 0.2) is 11.7 Å². The van der Waals surface area contributed by atoms with E-state index >= 15 is 0 Å². The number of anilines is 1. The Morgan fingerprint density at radius 2 is 1.65 bits per heavy atom. The van der Waals surface area contributed by atoms with Gasteiger partial charge in [-0.15, -0.1) is 11.3 Å². The monoisotopic (exact) mass is 360 g/mol. The summed E-state index contributed by atoms with van der Waals surface area (Å²) in [5.41, 5.74) is 3.46. The number of phenols is 1. The van der Waals surface area contributed by atoms with Gasteiger partial charge in [-0.2, -0.15) is 5.26 Å². The number of ketones is 1. The quantitative estimate of drug-likeness (QED) is 0.674. The van der Waals surface area contributed by atoms with Gasteiger partial charge in [-0.05, 0) is 17.2 Å². The van der Waals surface area contributed by atoms with E-state index < -0.39 is 17.6 Å². The fourth-order valence-corrected chi connectivity index (χ4v) is 4.00. The van der Waals surface area contributed by atoms with Crippen molar-refractivity contribution >= 4 is 28.0 Å². The SMILES string of the molecule is N#C[C@@H]1C(=O)Nc2scc(-c3ccc(-c4ccccc4O)cc3)c2C1=O. The van der Waals surface area contributed by atoms with Gasteiger partial charge < -0.3 is 10.4 Å². The molecular weight excluding hydrogens is 348 g/mol. The maximum absolute atomic E-state index is 12.5. The zero-order chi connectivity index (χ0) is 18.3. The Morgan fingerprint density at radius 3 is 2.31 bits per heavy atom. The summed E-state index contributed by atoms with van der Waals surface area (Å²) in [5.74, 6) is -2.15. The van der Waals surface area contributed by atoms with Crippen LogP contribution in [-0.4, -0.2) is 16.8 Å². The van der Waals surface area contributed by atoms with E-state index in [9.17, 15) is 14.7 Å². The van der Waals surface area contributed by atoms with Crippen molar-refractivity contribution in [2.24, 2.45) is 5.92 Å². The van der Waals surface area contributed by atoms with Gasteiger partial charge in [-0.3, -0.25) is 9.59 Å². The number of thiophene rings is 1. The third kappa shape index (κ3) is 2.46. The van der Waals surface area contributed by atoms with Crippen LogP contribution in [0.3, 0.4) is 0 Å². The molecule has 0 radical (unpaired) electrons. The van der Waals surface area contributed by atoms with E-state index in [2.05, 4.69) is 5.32 Å². The zero-order valence-corrected chi connectivity index (χ0v) is 14.2. The molecule has 1 aromatic heterocycles. The second-order valence-electron chi connectivity index (χ2n) is 5.86. The molecule has 2 aromatic carbocycles. The van der Waals surface area contributed by atoms with Crippen molar-refractivity contribution in [1.29, 1.82) is 5.26 Å². The van der Waals surface area contributed by atoms with Crippen LogP contribution in [0.15, 0.2) is 53.9 Å². The second kappa shape index (κ2) is 6.14. The van der Waals surface area contributed by atoms with Crippen LogP contribution in [0.4, 0.5) is 5.00 Å². The molecule has 26 heavy (non-hydrogen) atoms. The topological polar surface area (TPSA) is 90.2 Å². The van der Waals surface area contributed by atoms with Gasteiger partial charge in [0.25, 0.3) is 0 Å². The predicted molar refractivity (Wildman–Crippen MR) is 98.9 cm³/mol. The molecule has 1 aliphatic heterocycles. The van der Waals surface area contributed by atoms with E-state index in [1.54, 1.807) is 23.6 Å². The molecule has 2 heterocycles. The second-order valence-corrected chi connectivity index (χ2v) is 6.74. The standard InChI is InChI=1S/C20H12N2O3S/c21-9-14-18(24)17-15(10-26-20(17)22-19(14)25)12-7-5-11(6-8-12)13-3-1-2-4-16(13)23/h1-8,10,14,23H,(H,22,25)/t14-/m0/s1. The summed E-state index contributed by atoms with van der Waals surface area (Å²) in [7, 11) is 0. The molecule has 0 unspecified atom stereocenters. The minimum absolute atomic E-state index is 0.197. The number of rotatable bonds is 2. The number of phenolic OH excluding ortho intramolecular Hbond substituents is 1. The molecule has 0 aliphatic carbocycles. The lowest BCUT2D eigenvalue weighted by molar-refractivity contribution is -0.117. The van der Waals surface area contributed by atoms with E-state index in [4.69, 9.17) is 5.26 Å². The summed E-state index contributed by atoms with van der Waals surface area (Å²) in [5, 5.41) is 24.0. The number of amides is 1. The minimum Gasteiger partial charge on any atom is -0.507 e. The lowest BCUT2D eigenvalue weighted by Gasteiger charge is -2.17. The van der Waals surface area contributed by atoms with E-state index in [1.807, 2.05) is 36.4 Å². The Kier molecular flexibility index (Phi) is 3.79. The molecule has 1 amide bonds. The third-order valence-electron chi connectivity index (χ3n) is 4.34. The summed E-state index contributed by atoms with van der Waals surface area (Å²) in [6.45, 7) is 0. The lowest BCUT2D eigenvalue weighted by Crippen LogP contribution is -2.33. The summed E-state index contributed by atoms with van der Waals surface area (Å²) in [6, 6.07) is 16.3. The molecule has 0 fully saturated rings. The molecule has 0 saturated heterocycles. The molecule has 4 rings (SSSR count). The van der Waals surface area contributed by atoms with Crippen LogP contribution in [0.5, 0.6) is 5.75 Å². The van der Waals surface area contributed by atoms with Crippen molar-refractivity contribution in [3.05, 3.63) is 59.5 Å². The van der Waals surface area contributed by atoms with Gasteiger partial charge in [0.1, 0.15) is 10.8 Å². The van der Waals surface area contributed by atoms with Crippen LogP contribution in [0.2, 0.25) is 0 Å². The number of carbonyl (C=O) groups is 2. The molecule has 1 atom stereocenters. The number of carbonyl (C=O) groups excluding carboxylic acids is 2. The lowest BCUT2D eigenvalue weighted by atomic mass is 9.90. The highest BCUT2D eigenvalue weighted by atomic mass is 32.1. The Bertz CT molecular complexity index is 1080. The van der Waals surface area contributed by atoms with Gasteiger partial charge in [-0.25, -0.2) is 0 Å². The maximum Gasteiger partial charge on any atom is 0.250 e. The van der Waals surface area contributed by atoms with E-state index in [0.29, 0.717) is 16.1 Å². The Morgan fingerprint density at radius 1 is 1.00 bits per heavy atom. The van der Waals surface area contributed by atoms with Crippen molar-refractivity contribution in [2.45, 2.75) is 0 Å². The van der Waals surface area contributed by atoms with Gasteiger partial charge in [0.2, 0.25) is 5.91 Å². The van der Waals surface area contributed by atoms with E-state index in [1.165, 1.54) is 11.3 Å². The van der Waals surface area contributed by atoms with Crippen LogP contribution >= 0.6 is 11.3 Å². The fourth-order valence-electron chi connectivity index (χ4n) is 3.02. The number of nitrogens with one attached hydrogen (secondary N) is 1. The number of Topliss-reactive ketones (excluding diaryl/α,β-unsaturated/α-hetero) is 1. The number of nitrogens with zero attached hydrogens (tertiary/aromatic N) is 1. The average molecular weight is 360 g/mol. The van der Waals surface area contributed by atoms with Crippen molar-refractivity contribution in [2.75, 3.05) is 5.32 Å². The van der Waals surface area contributed by atoms with Crippen molar-refractivity contribution in [3.63, 3.8) is 0 Å². The zero-order valence-electron chi connectivity index (χ0n) is 13.4. The maximum atomic E-state index is 12.5. The first-order valence-electron chi connectivity index (χ1n) is 7.85. The van der Waals surface area contributed by atoms with Gasteiger partial charge in [0.05, 0.1) is 11.6 Å². The molecule has 1 aliphatic rings. The molecule has 0 saturated carbocycles. The molecule has 2 N–H and O–H groups in total. The normalized spacial score (nSPS) is 15.9. The smallest absolute Gasteiger partial charge is 0.250 e. The number of fused-ring (bicyclic) bond motifs is 1. The number of aromatic hydroxyl groups is 1. The summed E-state index contributed by atoms with van der Waals surface area (Å²) in [6.07, 6.45) is 0. The van der Waals surface area contributed by atoms with E-state index in [0.717, 1.165) is 16.7 Å². The Balaban J connectivity index is 1.75. The highest BCUT2D eigenvalue weighted by Gasteiger charge is 2.37. The molecule has 6 heteroatoms. The number of para-hydroxylation sites is 1. The number of benzene rings is 2. The summed E-state index contributed by atoms with van der Waals surface area (Å²) >= 11 is 1.27. The highest BCUT2D eigenvalue weighted by molar-refractivity contribution is 7.15. The van der Waals surface area contributed by atoms with Crippen LogP contribution < -0.4 is 5.32 Å². The van der Waals surface area contributed by atoms with Crippen LogP contribution in [0.25, 0.3) is 22.3 Å². The van der Waals surface area contributed by atoms with Crippen LogP contribution in [0.1, 0.15) is 10.4 Å². The van der Waals surface area contributed by atoms with Gasteiger partial charge >= 0.3 is 0 Å². The van der Waals surface area contributed by atoms with Crippen LogP contribution in [-0.2, 0) is 4.79 Å². The molecule has 5 nitrogen and oxygen atoms in total. The minimum atomic E-state index is -1.31. The summed E-state index contributed by atoms with van der Waals surface area (Å²) < 4.78 is 0. The van der Waals surface area contributed by atoms with Gasteiger partial charge in [0, 0.05) is 16.5 Å². The first-order chi connectivity index (χ1) is 12.6. The van der Waals surface area contributed by atoms with Gasteiger partial charge in [-0.1, -0.05) is 42.5 Å². The third-order valence-corrected chi connectivity index (χ3v) is 5.23. The van der Waals surface area contributed by atoms with E-state index in [-0.39, 0.29) is 5.75 Å². The Labute approximate surface area is 153 Å². The molecule has 0 bridgehead atoms. The largest absolute Gasteiger partial charge is 0.507 e. The molecule has 0 spiro atoms.